The number of unbranched alkanes of at least 4 members (excludes halogenated alkanes) is 29. The van der Waals surface area contributed by atoms with Gasteiger partial charge in [-0.05, 0) is 122 Å². The van der Waals surface area contributed by atoms with Crippen LogP contribution in [-0.4, -0.2) is 87.4 Å². The van der Waals surface area contributed by atoms with Gasteiger partial charge in [-0.15, -0.1) is 0 Å². The smallest absolute Gasteiger partial charge is 0.361 e. The molecule has 0 aromatic rings. The summed E-state index contributed by atoms with van der Waals surface area (Å²) in [7, 11) is 5.97. The molecule has 0 saturated heterocycles. The molecule has 0 aliphatic carbocycles. The molecule has 0 aliphatic rings. The van der Waals surface area contributed by atoms with Crippen LogP contribution in [0, 0.1) is 0 Å². The summed E-state index contributed by atoms with van der Waals surface area (Å²) in [5.74, 6) is -2.02. The van der Waals surface area contributed by atoms with E-state index < -0.39 is 24.3 Å². The molecule has 0 heterocycles. The lowest BCUT2D eigenvalue weighted by atomic mass is 10.0. The first-order chi connectivity index (χ1) is 46.6. The van der Waals surface area contributed by atoms with Crippen LogP contribution >= 0.6 is 0 Å². The highest BCUT2D eigenvalue weighted by Crippen LogP contribution is 2.18. The van der Waals surface area contributed by atoms with Gasteiger partial charge in [0.15, 0.2) is 6.10 Å². The number of rotatable bonds is 70. The zero-order valence-corrected chi connectivity index (χ0v) is 61.8. The number of allylic oxidation sites excluding steroid dienone is 26. The molecule has 9 heteroatoms. The van der Waals surface area contributed by atoms with Crippen molar-refractivity contribution in [3.05, 3.63) is 158 Å². The van der Waals surface area contributed by atoms with Gasteiger partial charge < -0.3 is 28.5 Å². The molecule has 0 aromatic heterocycles. The predicted molar refractivity (Wildman–Crippen MR) is 410 cm³/mol. The zero-order valence-electron chi connectivity index (χ0n) is 61.8. The van der Waals surface area contributed by atoms with E-state index in [4.69, 9.17) is 18.9 Å². The van der Waals surface area contributed by atoms with E-state index in [1.807, 2.05) is 21.1 Å². The van der Waals surface area contributed by atoms with Crippen LogP contribution in [-0.2, 0) is 33.3 Å². The fourth-order valence-electron chi connectivity index (χ4n) is 10.5. The molecule has 2 atom stereocenters. The van der Waals surface area contributed by atoms with Crippen LogP contribution in [0.4, 0.5) is 0 Å². The average molecular weight is 1320 g/mol. The number of carboxylic acid groups (broad SMARTS) is 1. The fraction of sp³-hybridized carbons (Fsp3) is 0.663. The van der Waals surface area contributed by atoms with Crippen LogP contribution in [0.25, 0.3) is 0 Å². The largest absolute Gasteiger partial charge is 0.477 e. The van der Waals surface area contributed by atoms with Crippen LogP contribution in [0.1, 0.15) is 309 Å². The van der Waals surface area contributed by atoms with Crippen molar-refractivity contribution in [3.63, 3.8) is 0 Å². The molecule has 540 valence electrons. The van der Waals surface area contributed by atoms with Gasteiger partial charge in [-0.2, -0.15) is 0 Å². The Balaban J connectivity index is 4.09. The number of hydrogen-bond acceptors (Lipinski definition) is 7. The summed E-state index contributed by atoms with van der Waals surface area (Å²) in [6, 6.07) is 0. The second-order valence-corrected chi connectivity index (χ2v) is 26.6. The fourth-order valence-corrected chi connectivity index (χ4v) is 10.5. The maximum Gasteiger partial charge on any atom is 0.361 e. The van der Waals surface area contributed by atoms with Gasteiger partial charge in [0.25, 0.3) is 6.29 Å². The Morgan fingerprint density at radius 2 is 0.568 bits per heavy atom. The first-order valence-electron chi connectivity index (χ1n) is 38.6. The molecular weight excluding hydrogens is 1170 g/mol. The number of hydrogen-bond donors (Lipinski definition) is 1. The highest BCUT2D eigenvalue weighted by Gasteiger charge is 2.25. The molecule has 0 radical (unpaired) electrons. The third kappa shape index (κ3) is 76.1. The summed E-state index contributed by atoms with van der Waals surface area (Å²) in [6.45, 7) is 4.65. The topological polar surface area (TPSA) is 108 Å². The summed E-state index contributed by atoms with van der Waals surface area (Å²) in [4.78, 5) is 37.7. The third-order valence-corrected chi connectivity index (χ3v) is 16.3. The minimum Gasteiger partial charge on any atom is -0.477 e. The van der Waals surface area contributed by atoms with Gasteiger partial charge in [0.1, 0.15) is 13.2 Å². The lowest BCUT2D eigenvalue weighted by Crippen LogP contribution is -2.40. The molecule has 0 spiro atoms. The number of carboxylic acids is 1. The lowest BCUT2D eigenvalue weighted by Gasteiger charge is -2.25. The van der Waals surface area contributed by atoms with E-state index in [0.29, 0.717) is 23.9 Å². The molecule has 0 rings (SSSR count). The molecule has 0 amide bonds. The van der Waals surface area contributed by atoms with Gasteiger partial charge in [-0.3, -0.25) is 9.59 Å². The maximum absolute atomic E-state index is 13.0. The molecule has 0 aliphatic heterocycles. The lowest BCUT2D eigenvalue weighted by molar-refractivity contribution is -0.870. The number of carbonyl (C=O) groups is 3. The van der Waals surface area contributed by atoms with Crippen molar-refractivity contribution in [1.29, 1.82) is 0 Å². The summed E-state index contributed by atoms with van der Waals surface area (Å²) in [5, 5.41) is 9.77. The van der Waals surface area contributed by atoms with Crippen molar-refractivity contribution in [2.45, 2.75) is 322 Å². The van der Waals surface area contributed by atoms with E-state index in [-0.39, 0.29) is 32.2 Å². The van der Waals surface area contributed by atoms with Crippen LogP contribution in [0.2, 0.25) is 0 Å². The van der Waals surface area contributed by atoms with Gasteiger partial charge in [0, 0.05) is 12.8 Å². The van der Waals surface area contributed by atoms with Gasteiger partial charge in [0.2, 0.25) is 0 Å². The Morgan fingerprint density at radius 1 is 0.316 bits per heavy atom. The number of carbonyl (C=O) groups excluding carboxylic acids is 2. The molecule has 95 heavy (non-hydrogen) atoms. The standard InChI is InChI=1S/C86H143NO8/c1-6-8-10-12-14-16-18-20-22-24-26-28-30-32-34-36-38-40-41-42-43-45-46-48-50-52-54-56-58-60-62-64-66-68-70-72-74-76-83(88)93-80-82(81-94-86(85(90)91)92-79-78-87(3,4)5)95-84(89)77-75-73-71-69-67-65-63-61-59-57-55-53-51-49-47-44-39-37-35-33-31-29-27-25-23-21-19-17-15-13-11-9-7-2/h8-11,14-17,20-23,26-29,32-35,39,44,49,51,55,57,82,86H,6-7,12-13,18-19,24-25,30-31,36-38,40-43,45-48,50,52-54,56,58-81H2,1-5H3/p+1/b10-8-,11-9-,16-14-,17-15-,22-20-,23-21-,28-26-,29-27-,34-32-,35-33-,44-39-,51-49-,57-55-. The number of nitrogens with zero attached hydrogens (tertiary/aromatic N) is 1. The second kappa shape index (κ2) is 74.7. The number of aliphatic carboxylic acids is 1. The van der Waals surface area contributed by atoms with Crippen molar-refractivity contribution >= 4 is 17.9 Å². The van der Waals surface area contributed by atoms with Crippen LogP contribution in [0.5, 0.6) is 0 Å². The van der Waals surface area contributed by atoms with Crippen molar-refractivity contribution in [2.24, 2.45) is 0 Å². The Labute approximate surface area is 584 Å². The summed E-state index contributed by atoms with van der Waals surface area (Å²) in [5.41, 5.74) is 0. The Morgan fingerprint density at radius 3 is 0.842 bits per heavy atom. The SMILES string of the molecule is CC/C=C\C/C=C\C/C=C\C/C=C\C/C=C\C/C=C\C/C=C\C/C=C\CCCCCCCCCCC(=O)OC(COC(=O)CCCCCCCCCCCCCCCCCCCCCCC/C=C\C/C=C\C/C=C\C/C=C\C/C=C\CC)COC(OCC[N+](C)(C)C)C(=O)O. The maximum atomic E-state index is 13.0. The quantitative estimate of drug-likeness (QED) is 0.0211. The average Bonchev–Trinajstić information content (AvgIpc) is 3.75. The monoisotopic (exact) mass is 1320 g/mol. The van der Waals surface area contributed by atoms with Gasteiger partial charge in [0.05, 0.1) is 34.4 Å². The molecule has 0 aromatic carbocycles. The number of esters is 2. The van der Waals surface area contributed by atoms with E-state index in [2.05, 4.69) is 172 Å². The van der Waals surface area contributed by atoms with E-state index in [1.54, 1.807) is 0 Å². The predicted octanol–water partition coefficient (Wildman–Crippen LogP) is 24.8. The van der Waals surface area contributed by atoms with Crippen molar-refractivity contribution in [2.75, 3.05) is 47.5 Å². The molecule has 0 fully saturated rings. The molecule has 0 bridgehead atoms. The Bertz CT molecular complexity index is 2130. The van der Waals surface area contributed by atoms with Crippen LogP contribution in [0.15, 0.2) is 158 Å². The van der Waals surface area contributed by atoms with Gasteiger partial charge in [-0.1, -0.05) is 332 Å². The first-order valence-corrected chi connectivity index (χ1v) is 38.6. The third-order valence-electron chi connectivity index (χ3n) is 16.3. The van der Waals surface area contributed by atoms with E-state index >= 15 is 0 Å². The second-order valence-electron chi connectivity index (χ2n) is 26.6. The van der Waals surface area contributed by atoms with E-state index in [1.165, 1.54) is 148 Å². The molecule has 0 saturated carbocycles. The van der Waals surface area contributed by atoms with Gasteiger partial charge >= 0.3 is 17.9 Å². The highest BCUT2D eigenvalue weighted by atomic mass is 16.7. The number of ether oxygens (including phenoxy) is 4. The molecular formula is C86H144NO8+. The van der Waals surface area contributed by atoms with Crippen molar-refractivity contribution in [1.82, 2.24) is 0 Å². The van der Waals surface area contributed by atoms with Crippen molar-refractivity contribution < 1.29 is 42.9 Å². The number of likely N-dealkylation sites (N-methyl/N-ethyl adjacent to an activating group) is 1. The van der Waals surface area contributed by atoms with Crippen LogP contribution in [0.3, 0.4) is 0 Å². The summed E-state index contributed by atoms with van der Waals surface area (Å²) >= 11 is 0. The summed E-state index contributed by atoms with van der Waals surface area (Å²) < 4.78 is 23.0. The summed E-state index contributed by atoms with van der Waals surface area (Å²) in [6.07, 6.45) is 108. The van der Waals surface area contributed by atoms with Gasteiger partial charge in [-0.25, -0.2) is 4.79 Å². The highest BCUT2D eigenvalue weighted by molar-refractivity contribution is 5.71. The van der Waals surface area contributed by atoms with E-state index in [0.717, 1.165) is 128 Å². The minimum atomic E-state index is -1.52. The van der Waals surface area contributed by atoms with Crippen molar-refractivity contribution in [3.8, 4) is 0 Å². The zero-order chi connectivity index (χ0) is 69.0. The molecule has 2 unspecified atom stereocenters. The first kappa shape index (κ1) is 89.9. The normalized spacial score (nSPS) is 13.6. The Kier molecular flexibility index (Phi) is 70.7. The Hall–Kier alpha value is -5.09. The molecule has 9 nitrogen and oxygen atoms in total. The van der Waals surface area contributed by atoms with Crippen LogP contribution < -0.4 is 0 Å². The minimum absolute atomic E-state index is 0.180. The number of quaternary nitrogens is 1. The van der Waals surface area contributed by atoms with E-state index in [9.17, 15) is 19.5 Å². The molecule has 1 N–H and O–H groups in total.